The van der Waals surface area contributed by atoms with Crippen molar-refractivity contribution in [3.05, 3.63) is 0 Å². The van der Waals surface area contributed by atoms with E-state index in [1.807, 2.05) is 0 Å². The van der Waals surface area contributed by atoms with Gasteiger partial charge in [-0.25, -0.2) is 0 Å². The molecule has 13 heavy (non-hydrogen) atoms. The summed E-state index contributed by atoms with van der Waals surface area (Å²) in [7, 11) is 0. The van der Waals surface area contributed by atoms with Gasteiger partial charge in [-0.05, 0) is 11.8 Å². The van der Waals surface area contributed by atoms with E-state index in [0.29, 0.717) is 18.3 Å². The SMILES string of the molecule is CC[C@@H](CC(=O)O)C1CCCCC1. The van der Waals surface area contributed by atoms with Crippen molar-refractivity contribution < 1.29 is 9.90 Å². The molecule has 0 heterocycles. The summed E-state index contributed by atoms with van der Waals surface area (Å²) in [4.78, 5) is 10.6. The number of carbonyl (C=O) groups is 1. The maximum Gasteiger partial charge on any atom is 0.303 e. The molecule has 76 valence electrons. The summed E-state index contributed by atoms with van der Waals surface area (Å²) < 4.78 is 0. The van der Waals surface area contributed by atoms with E-state index in [4.69, 9.17) is 5.11 Å². The van der Waals surface area contributed by atoms with E-state index in [9.17, 15) is 4.79 Å². The number of hydrogen-bond acceptors (Lipinski definition) is 1. The van der Waals surface area contributed by atoms with Crippen LogP contribution >= 0.6 is 0 Å². The molecule has 0 bridgehead atoms. The molecule has 0 radical (unpaired) electrons. The molecule has 2 nitrogen and oxygen atoms in total. The molecular weight excluding hydrogens is 164 g/mol. The Labute approximate surface area is 80.3 Å². The maximum atomic E-state index is 10.6. The molecule has 1 N–H and O–H groups in total. The maximum absolute atomic E-state index is 10.6. The van der Waals surface area contributed by atoms with E-state index in [1.54, 1.807) is 0 Å². The van der Waals surface area contributed by atoms with E-state index in [1.165, 1.54) is 32.1 Å². The highest BCUT2D eigenvalue weighted by Crippen LogP contribution is 2.33. The van der Waals surface area contributed by atoms with Crippen LogP contribution in [0.15, 0.2) is 0 Å². The molecule has 1 aliphatic rings. The van der Waals surface area contributed by atoms with Crippen LogP contribution in [0.5, 0.6) is 0 Å². The van der Waals surface area contributed by atoms with Crippen LogP contribution < -0.4 is 0 Å². The van der Waals surface area contributed by atoms with E-state index >= 15 is 0 Å². The van der Waals surface area contributed by atoms with Crippen LogP contribution in [-0.2, 0) is 4.79 Å². The Balaban J connectivity index is 2.39. The molecule has 1 aliphatic carbocycles. The van der Waals surface area contributed by atoms with Crippen LogP contribution in [0.25, 0.3) is 0 Å². The van der Waals surface area contributed by atoms with Crippen LogP contribution in [0, 0.1) is 11.8 Å². The molecule has 0 spiro atoms. The molecule has 0 unspecified atom stereocenters. The molecule has 0 aromatic heterocycles. The number of hydrogen-bond donors (Lipinski definition) is 1. The number of rotatable bonds is 4. The largest absolute Gasteiger partial charge is 0.481 e. The summed E-state index contributed by atoms with van der Waals surface area (Å²) in [6.07, 6.45) is 7.87. The third kappa shape index (κ3) is 3.37. The molecule has 1 atom stereocenters. The fourth-order valence-electron chi connectivity index (χ4n) is 2.47. The van der Waals surface area contributed by atoms with Crippen molar-refractivity contribution in [1.29, 1.82) is 0 Å². The molecule has 0 aliphatic heterocycles. The van der Waals surface area contributed by atoms with E-state index < -0.39 is 5.97 Å². The monoisotopic (exact) mass is 184 g/mol. The normalized spacial score (nSPS) is 21.3. The minimum absolute atomic E-state index is 0.376. The first kappa shape index (κ1) is 10.6. The first-order valence-electron chi connectivity index (χ1n) is 5.45. The Morgan fingerprint density at radius 3 is 2.46 bits per heavy atom. The Morgan fingerprint density at radius 1 is 1.38 bits per heavy atom. The second-order valence-electron chi connectivity index (χ2n) is 4.16. The third-order valence-corrected chi connectivity index (χ3v) is 3.28. The lowest BCUT2D eigenvalue weighted by Gasteiger charge is -2.28. The lowest BCUT2D eigenvalue weighted by Crippen LogP contribution is -2.20. The highest BCUT2D eigenvalue weighted by molar-refractivity contribution is 5.67. The van der Waals surface area contributed by atoms with Crippen LogP contribution in [0.2, 0.25) is 0 Å². The first-order chi connectivity index (χ1) is 6.24. The number of carboxylic acids is 1. The predicted molar refractivity (Wildman–Crippen MR) is 52.6 cm³/mol. The van der Waals surface area contributed by atoms with Crippen molar-refractivity contribution in [2.75, 3.05) is 0 Å². The molecular formula is C11H20O2. The van der Waals surface area contributed by atoms with Gasteiger partial charge in [0.2, 0.25) is 0 Å². The van der Waals surface area contributed by atoms with Crippen LogP contribution in [0.3, 0.4) is 0 Å². The molecule has 2 heteroatoms. The smallest absolute Gasteiger partial charge is 0.303 e. The van der Waals surface area contributed by atoms with Gasteiger partial charge in [0.1, 0.15) is 0 Å². The molecule has 1 rings (SSSR count). The molecule has 0 aromatic carbocycles. The zero-order valence-corrected chi connectivity index (χ0v) is 8.46. The molecule has 0 saturated heterocycles. The van der Waals surface area contributed by atoms with Crippen molar-refractivity contribution in [3.8, 4) is 0 Å². The van der Waals surface area contributed by atoms with Crippen molar-refractivity contribution in [3.63, 3.8) is 0 Å². The first-order valence-corrected chi connectivity index (χ1v) is 5.45. The molecule has 1 fully saturated rings. The fraction of sp³-hybridized carbons (Fsp3) is 0.909. The molecule has 1 saturated carbocycles. The average Bonchev–Trinajstić information content (AvgIpc) is 2.15. The summed E-state index contributed by atoms with van der Waals surface area (Å²) >= 11 is 0. The zero-order chi connectivity index (χ0) is 9.68. The van der Waals surface area contributed by atoms with Gasteiger partial charge in [-0.3, -0.25) is 4.79 Å². The van der Waals surface area contributed by atoms with Gasteiger partial charge in [0, 0.05) is 6.42 Å². The third-order valence-electron chi connectivity index (χ3n) is 3.28. The highest BCUT2D eigenvalue weighted by atomic mass is 16.4. The Hall–Kier alpha value is -0.530. The minimum atomic E-state index is -0.627. The lowest BCUT2D eigenvalue weighted by molar-refractivity contribution is -0.138. The second kappa shape index (κ2) is 5.25. The van der Waals surface area contributed by atoms with Crippen molar-refractivity contribution >= 4 is 5.97 Å². The van der Waals surface area contributed by atoms with Crippen molar-refractivity contribution in [2.24, 2.45) is 11.8 Å². The van der Waals surface area contributed by atoms with Gasteiger partial charge in [0.05, 0.1) is 0 Å². The van der Waals surface area contributed by atoms with Gasteiger partial charge < -0.3 is 5.11 Å². The van der Waals surface area contributed by atoms with Crippen LogP contribution in [-0.4, -0.2) is 11.1 Å². The van der Waals surface area contributed by atoms with Crippen LogP contribution in [0.1, 0.15) is 51.9 Å². The standard InChI is InChI=1S/C11H20O2/c1-2-9(8-11(12)13)10-6-4-3-5-7-10/h9-10H,2-8H2,1H3,(H,12,13)/t9-/m0/s1. The second-order valence-corrected chi connectivity index (χ2v) is 4.16. The summed E-state index contributed by atoms with van der Waals surface area (Å²) in [6, 6.07) is 0. The van der Waals surface area contributed by atoms with Crippen LogP contribution in [0.4, 0.5) is 0 Å². The van der Waals surface area contributed by atoms with Gasteiger partial charge in [-0.1, -0.05) is 45.4 Å². The number of aliphatic carboxylic acids is 1. The summed E-state index contributed by atoms with van der Waals surface area (Å²) in [6.45, 7) is 2.11. The predicted octanol–water partition coefficient (Wildman–Crippen LogP) is 3.07. The zero-order valence-electron chi connectivity index (χ0n) is 8.46. The summed E-state index contributed by atoms with van der Waals surface area (Å²) in [5.41, 5.74) is 0. The topological polar surface area (TPSA) is 37.3 Å². The quantitative estimate of drug-likeness (QED) is 0.729. The van der Waals surface area contributed by atoms with Crippen molar-refractivity contribution in [2.45, 2.75) is 51.9 Å². The lowest BCUT2D eigenvalue weighted by atomic mass is 9.77. The van der Waals surface area contributed by atoms with Gasteiger partial charge in [0.15, 0.2) is 0 Å². The minimum Gasteiger partial charge on any atom is -0.481 e. The van der Waals surface area contributed by atoms with E-state index in [0.717, 1.165) is 6.42 Å². The van der Waals surface area contributed by atoms with Gasteiger partial charge in [-0.15, -0.1) is 0 Å². The van der Waals surface area contributed by atoms with Gasteiger partial charge >= 0.3 is 5.97 Å². The van der Waals surface area contributed by atoms with E-state index in [2.05, 4.69) is 6.92 Å². The highest BCUT2D eigenvalue weighted by Gasteiger charge is 2.23. The molecule has 0 aromatic rings. The van der Waals surface area contributed by atoms with Gasteiger partial charge in [0.25, 0.3) is 0 Å². The van der Waals surface area contributed by atoms with Crippen molar-refractivity contribution in [1.82, 2.24) is 0 Å². The Kier molecular flexibility index (Phi) is 4.26. The summed E-state index contributed by atoms with van der Waals surface area (Å²) in [5.74, 6) is 0.491. The molecule has 0 amide bonds. The average molecular weight is 184 g/mol. The van der Waals surface area contributed by atoms with E-state index in [-0.39, 0.29) is 0 Å². The number of carboxylic acid groups (broad SMARTS) is 1. The fourth-order valence-corrected chi connectivity index (χ4v) is 2.47. The van der Waals surface area contributed by atoms with Gasteiger partial charge in [-0.2, -0.15) is 0 Å². The Bertz CT molecular complexity index is 159. The summed E-state index contributed by atoms with van der Waals surface area (Å²) in [5, 5.41) is 8.75. The Morgan fingerprint density at radius 2 is 2.00 bits per heavy atom.